The van der Waals surface area contributed by atoms with Crippen molar-refractivity contribution in [3.63, 3.8) is 0 Å². The summed E-state index contributed by atoms with van der Waals surface area (Å²) in [5, 5.41) is 14.6. The van der Waals surface area contributed by atoms with Crippen LogP contribution >= 0.6 is 0 Å². The van der Waals surface area contributed by atoms with E-state index in [1.807, 2.05) is 41.1 Å². The second kappa shape index (κ2) is 3.46. The summed E-state index contributed by atoms with van der Waals surface area (Å²) in [6.45, 7) is 0. The molecule has 0 atom stereocenters. The molecule has 1 N–H and O–H groups in total. The maximum Gasteiger partial charge on any atom is 0.107 e. The molecular formula is C13H14N2O. The van der Waals surface area contributed by atoms with Crippen LogP contribution in [0.3, 0.4) is 0 Å². The minimum absolute atomic E-state index is 0.660. The van der Waals surface area contributed by atoms with Crippen molar-refractivity contribution in [2.24, 2.45) is 0 Å². The third-order valence-electron chi connectivity index (χ3n) is 3.30. The van der Waals surface area contributed by atoms with Gasteiger partial charge in [0.05, 0.1) is 11.4 Å². The molecule has 1 aromatic carbocycles. The van der Waals surface area contributed by atoms with E-state index in [1.165, 1.54) is 0 Å². The van der Waals surface area contributed by atoms with Crippen molar-refractivity contribution in [3.05, 3.63) is 48.3 Å². The Balaban J connectivity index is 2.06. The lowest BCUT2D eigenvalue weighted by atomic mass is 9.78. The van der Waals surface area contributed by atoms with Gasteiger partial charge in [0.25, 0.3) is 0 Å². The molecule has 1 saturated carbocycles. The highest BCUT2D eigenvalue weighted by molar-refractivity contribution is 5.34. The highest BCUT2D eigenvalue weighted by atomic mass is 16.3. The lowest BCUT2D eigenvalue weighted by molar-refractivity contribution is -0.0445. The van der Waals surface area contributed by atoms with Crippen molar-refractivity contribution in [3.8, 4) is 5.69 Å². The van der Waals surface area contributed by atoms with Gasteiger partial charge in [-0.3, -0.25) is 0 Å². The van der Waals surface area contributed by atoms with Gasteiger partial charge in [-0.15, -0.1) is 0 Å². The Bertz CT molecular complexity index is 486. The number of hydrogen-bond acceptors (Lipinski definition) is 2. The predicted octanol–water partition coefficient (Wildman–Crippen LogP) is 2.24. The fourth-order valence-corrected chi connectivity index (χ4v) is 2.20. The molecule has 16 heavy (non-hydrogen) atoms. The number of nitrogens with zero attached hydrogens (tertiary/aromatic N) is 2. The Morgan fingerprint density at radius 2 is 1.88 bits per heavy atom. The summed E-state index contributed by atoms with van der Waals surface area (Å²) < 4.78 is 1.83. The van der Waals surface area contributed by atoms with Crippen LogP contribution < -0.4 is 0 Å². The SMILES string of the molecule is OC1(c2ccnn2-c2ccccc2)CCC1. The Labute approximate surface area is 94.3 Å². The van der Waals surface area contributed by atoms with Crippen LogP contribution in [-0.4, -0.2) is 14.9 Å². The van der Waals surface area contributed by atoms with Crippen molar-refractivity contribution in [2.45, 2.75) is 24.9 Å². The van der Waals surface area contributed by atoms with E-state index in [0.29, 0.717) is 0 Å². The van der Waals surface area contributed by atoms with Crippen molar-refractivity contribution < 1.29 is 5.11 Å². The van der Waals surface area contributed by atoms with Gasteiger partial charge in [-0.25, -0.2) is 4.68 Å². The van der Waals surface area contributed by atoms with Gasteiger partial charge in [0, 0.05) is 6.20 Å². The fourth-order valence-electron chi connectivity index (χ4n) is 2.20. The molecule has 3 nitrogen and oxygen atoms in total. The van der Waals surface area contributed by atoms with Gasteiger partial charge >= 0.3 is 0 Å². The molecule has 0 saturated heterocycles. The summed E-state index contributed by atoms with van der Waals surface area (Å²) in [6.07, 6.45) is 4.52. The van der Waals surface area contributed by atoms with E-state index in [1.54, 1.807) is 6.20 Å². The summed E-state index contributed by atoms with van der Waals surface area (Å²) in [4.78, 5) is 0. The van der Waals surface area contributed by atoms with Crippen LogP contribution in [-0.2, 0) is 5.60 Å². The minimum atomic E-state index is -0.660. The lowest BCUT2D eigenvalue weighted by Crippen LogP contribution is -2.35. The maximum absolute atomic E-state index is 10.4. The summed E-state index contributed by atoms with van der Waals surface area (Å²) in [5.41, 5.74) is 1.25. The van der Waals surface area contributed by atoms with E-state index >= 15 is 0 Å². The van der Waals surface area contributed by atoms with E-state index in [0.717, 1.165) is 30.6 Å². The summed E-state index contributed by atoms with van der Waals surface area (Å²) in [7, 11) is 0. The van der Waals surface area contributed by atoms with Crippen LogP contribution in [0.15, 0.2) is 42.6 Å². The molecular weight excluding hydrogens is 200 g/mol. The molecule has 3 heteroatoms. The zero-order valence-electron chi connectivity index (χ0n) is 9.00. The number of para-hydroxylation sites is 1. The smallest absolute Gasteiger partial charge is 0.107 e. The van der Waals surface area contributed by atoms with Gasteiger partial charge in [0.2, 0.25) is 0 Å². The second-order valence-electron chi connectivity index (χ2n) is 4.35. The van der Waals surface area contributed by atoms with Crippen LogP contribution in [0.2, 0.25) is 0 Å². The van der Waals surface area contributed by atoms with Gasteiger partial charge in [0.15, 0.2) is 0 Å². The molecule has 1 heterocycles. The van der Waals surface area contributed by atoms with Crippen LogP contribution in [0.1, 0.15) is 25.0 Å². The molecule has 0 spiro atoms. The monoisotopic (exact) mass is 214 g/mol. The van der Waals surface area contributed by atoms with Crippen molar-refractivity contribution in [1.29, 1.82) is 0 Å². The average molecular weight is 214 g/mol. The molecule has 1 aromatic heterocycles. The van der Waals surface area contributed by atoms with E-state index in [-0.39, 0.29) is 0 Å². The number of hydrogen-bond donors (Lipinski definition) is 1. The normalized spacial score (nSPS) is 18.1. The third-order valence-corrected chi connectivity index (χ3v) is 3.30. The molecule has 0 radical (unpaired) electrons. The average Bonchev–Trinajstić information content (AvgIpc) is 2.76. The Kier molecular flexibility index (Phi) is 2.07. The zero-order chi connectivity index (χ0) is 11.0. The summed E-state index contributed by atoms with van der Waals surface area (Å²) in [5.74, 6) is 0. The quantitative estimate of drug-likeness (QED) is 0.832. The second-order valence-corrected chi connectivity index (χ2v) is 4.35. The van der Waals surface area contributed by atoms with Crippen LogP contribution in [0.5, 0.6) is 0 Å². The molecule has 0 unspecified atom stereocenters. The first-order valence-electron chi connectivity index (χ1n) is 5.62. The van der Waals surface area contributed by atoms with E-state index in [4.69, 9.17) is 0 Å². The molecule has 2 aromatic rings. The third kappa shape index (κ3) is 1.36. The Hall–Kier alpha value is -1.61. The lowest BCUT2D eigenvalue weighted by Gasteiger charge is -2.36. The van der Waals surface area contributed by atoms with Crippen molar-refractivity contribution >= 4 is 0 Å². The van der Waals surface area contributed by atoms with E-state index in [9.17, 15) is 5.11 Å². The van der Waals surface area contributed by atoms with Crippen LogP contribution in [0, 0.1) is 0 Å². The van der Waals surface area contributed by atoms with Crippen LogP contribution in [0.25, 0.3) is 5.69 Å². The minimum Gasteiger partial charge on any atom is -0.384 e. The number of aromatic nitrogens is 2. The molecule has 0 aliphatic heterocycles. The topological polar surface area (TPSA) is 38.1 Å². The van der Waals surface area contributed by atoms with Gasteiger partial charge in [-0.05, 0) is 37.5 Å². The zero-order valence-corrected chi connectivity index (χ0v) is 9.00. The molecule has 82 valence electrons. The van der Waals surface area contributed by atoms with Crippen molar-refractivity contribution in [2.75, 3.05) is 0 Å². The standard InChI is InChI=1S/C13H14N2O/c16-13(8-4-9-13)12-7-10-14-15(12)11-5-2-1-3-6-11/h1-3,5-7,10,16H,4,8-9H2. The Morgan fingerprint density at radius 1 is 1.12 bits per heavy atom. The number of rotatable bonds is 2. The molecule has 1 aliphatic carbocycles. The molecule has 3 rings (SSSR count). The number of aliphatic hydroxyl groups is 1. The maximum atomic E-state index is 10.4. The van der Waals surface area contributed by atoms with Gasteiger partial charge in [-0.1, -0.05) is 18.2 Å². The molecule has 1 fully saturated rings. The molecule has 1 aliphatic rings. The fraction of sp³-hybridized carbons (Fsp3) is 0.308. The summed E-state index contributed by atoms with van der Waals surface area (Å²) >= 11 is 0. The molecule has 0 bridgehead atoms. The largest absolute Gasteiger partial charge is 0.384 e. The highest BCUT2D eigenvalue weighted by Crippen LogP contribution is 2.41. The van der Waals surface area contributed by atoms with E-state index in [2.05, 4.69) is 5.10 Å². The van der Waals surface area contributed by atoms with Gasteiger partial charge in [0.1, 0.15) is 5.60 Å². The number of benzene rings is 1. The van der Waals surface area contributed by atoms with Crippen LogP contribution in [0.4, 0.5) is 0 Å². The first-order chi connectivity index (χ1) is 7.80. The first kappa shape index (κ1) is 9.60. The van der Waals surface area contributed by atoms with E-state index < -0.39 is 5.60 Å². The Morgan fingerprint density at radius 3 is 2.50 bits per heavy atom. The molecule has 0 amide bonds. The van der Waals surface area contributed by atoms with Crippen molar-refractivity contribution in [1.82, 2.24) is 9.78 Å². The summed E-state index contributed by atoms with van der Waals surface area (Å²) in [6, 6.07) is 11.8. The van der Waals surface area contributed by atoms with Gasteiger partial charge in [-0.2, -0.15) is 5.10 Å². The predicted molar refractivity (Wildman–Crippen MR) is 61.3 cm³/mol. The van der Waals surface area contributed by atoms with Gasteiger partial charge < -0.3 is 5.11 Å². The first-order valence-corrected chi connectivity index (χ1v) is 5.62. The highest BCUT2D eigenvalue weighted by Gasteiger charge is 2.39.